The number of pyridine rings is 1. The Morgan fingerprint density at radius 1 is 0.872 bits per heavy atom. The third kappa shape index (κ3) is 4.70. The molecular formula is C28H24N4O7. The van der Waals surface area contributed by atoms with Crippen molar-refractivity contribution in [1.29, 1.82) is 0 Å². The molecule has 11 heteroatoms. The summed E-state index contributed by atoms with van der Waals surface area (Å²) in [7, 11) is 2.82. The number of nitrogens with one attached hydrogen (secondary N) is 1. The summed E-state index contributed by atoms with van der Waals surface area (Å²) in [4.78, 5) is 41.2. The molecule has 1 fully saturated rings. The van der Waals surface area contributed by atoms with Crippen molar-refractivity contribution in [3.05, 3.63) is 104 Å². The number of benzene rings is 3. The average Bonchev–Trinajstić information content (AvgIpc) is 2.92. The van der Waals surface area contributed by atoms with Gasteiger partial charge in [0.2, 0.25) is 5.91 Å². The summed E-state index contributed by atoms with van der Waals surface area (Å²) in [5.74, 6) is -1.74. The summed E-state index contributed by atoms with van der Waals surface area (Å²) in [5.41, 5.74) is 1.45. The van der Waals surface area contributed by atoms with Crippen molar-refractivity contribution in [2.75, 3.05) is 19.5 Å². The van der Waals surface area contributed by atoms with Crippen LogP contribution in [0.2, 0.25) is 0 Å². The Morgan fingerprint density at radius 2 is 1.44 bits per heavy atom. The number of ether oxygens (including phenoxy) is 2. The van der Waals surface area contributed by atoms with E-state index in [9.17, 15) is 25.0 Å². The van der Waals surface area contributed by atoms with E-state index in [1.165, 1.54) is 26.4 Å². The summed E-state index contributed by atoms with van der Waals surface area (Å²) >= 11 is 0. The molecule has 1 heterocycles. The number of rotatable bonds is 8. The highest BCUT2D eigenvalue weighted by molar-refractivity contribution is 6.02. The highest BCUT2D eigenvalue weighted by Gasteiger charge is 2.51. The Hall–Kier alpha value is -5.06. The SMILES string of the molecule is COc1ccc([C@H]2C[C@@H](c3ccc(OC)cc3[N+](=O)[O-])C2C(=O)Nc2cccc3cccnc23)c([N+](=O)[O-])c1. The average molecular weight is 529 g/mol. The smallest absolute Gasteiger partial charge is 0.276 e. The minimum atomic E-state index is -0.830. The normalized spacial score (nSPS) is 18.2. The van der Waals surface area contributed by atoms with E-state index in [4.69, 9.17) is 9.47 Å². The van der Waals surface area contributed by atoms with Gasteiger partial charge in [0.05, 0.1) is 53.3 Å². The number of amides is 1. The van der Waals surface area contributed by atoms with Gasteiger partial charge in [0.25, 0.3) is 11.4 Å². The fourth-order valence-corrected chi connectivity index (χ4v) is 5.32. The Kier molecular flexibility index (Phi) is 6.80. The van der Waals surface area contributed by atoms with E-state index in [0.717, 1.165) is 5.39 Å². The van der Waals surface area contributed by atoms with Gasteiger partial charge in [-0.3, -0.25) is 30.0 Å². The zero-order chi connectivity index (χ0) is 27.7. The van der Waals surface area contributed by atoms with Crippen LogP contribution < -0.4 is 14.8 Å². The van der Waals surface area contributed by atoms with E-state index < -0.39 is 33.5 Å². The second kappa shape index (κ2) is 10.4. The van der Waals surface area contributed by atoms with Crippen molar-refractivity contribution in [3.63, 3.8) is 0 Å². The number of para-hydroxylation sites is 1. The molecule has 1 amide bonds. The molecule has 4 aromatic rings. The zero-order valence-corrected chi connectivity index (χ0v) is 21.1. The van der Waals surface area contributed by atoms with E-state index in [1.54, 1.807) is 48.7 Å². The number of hydrogen-bond acceptors (Lipinski definition) is 8. The third-order valence-electron chi connectivity index (χ3n) is 7.24. The van der Waals surface area contributed by atoms with Gasteiger partial charge in [0.15, 0.2) is 0 Å². The molecule has 0 spiro atoms. The van der Waals surface area contributed by atoms with Gasteiger partial charge >= 0.3 is 0 Å². The van der Waals surface area contributed by atoms with E-state index in [1.807, 2.05) is 12.1 Å². The molecule has 1 aromatic heterocycles. The number of anilines is 1. The lowest BCUT2D eigenvalue weighted by molar-refractivity contribution is -0.386. The maximum atomic E-state index is 13.9. The van der Waals surface area contributed by atoms with Crippen molar-refractivity contribution >= 4 is 33.9 Å². The number of nitrogens with zero attached hydrogens (tertiary/aromatic N) is 3. The fourth-order valence-electron chi connectivity index (χ4n) is 5.32. The second-order valence-corrected chi connectivity index (χ2v) is 9.21. The molecule has 0 saturated heterocycles. The van der Waals surface area contributed by atoms with E-state index in [-0.39, 0.29) is 11.4 Å². The van der Waals surface area contributed by atoms with Crippen LogP contribution in [0, 0.1) is 26.1 Å². The van der Waals surface area contributed by atoms with Crippen LogP contribution in [0.5, 0.6) is 11.5 Å². The lowest BCUT2D eigenvalue weighted by atomic mass is 9.59. The number of carbonyl (C=O) groups excluding carboxylic acids is 1. The number of carbonyl (C=O) groups is 1. The van der Waals surface area contributed by atoms with Crippen LogP contribution in [0.25, 0.3) is 10.9 Å². The lowest BCUT2D eigenvalue weighted by Crippen LogP contribution is -2.42. The molecule has 3 atom stereocenters. The van der Waals surface area contributed by atoms with Gasteiger partial charge < -0.3 is 14.8 Å². The highest BCUT2D eigenvalue weighted by Crippen LogP contribution is 2.57. The Bertz CT molecular complexity index is 1530. The van der Waals surface area contributed by atoms with Crippen molar-refractivity contribution in [2.45, 2.75) is 18.3 Å². The third-order valence-corrected chi connectivity index (χ3v) is 7.24. The van der Waals surface area contributed by atoms with Crippen LogP contribution in [0.1, 0.15) is 29.4 Å². The van der Waals surface area contributed by atoms with Gasteiger partial charge in [-0.1, -0.05) is 18.2 Å². The maximum Gasteiger partial charge on any atom is 0.276 e. The largest absolute Gasteiger partial charge is 0.497 e. The van der Waals surface area contributed by atoms with Gasteiger partial charge in [0.1, 0.15) is 11.5 Å². The lowest BCUT2D eigenvalue weighted by Gasteiger charge is -2.43. The molecule has 0 aliphatic heterocycles. The Balaban J connectivity index is 1.58. The molecule has 1 aliphatic rings. The molecule has 1 saturated carbocycles. The van der Waals surface area contributed by atoms with Gasteiger partial charge in [0, 0.05) is 34.5 Å². The number of hydrogen-bond donors (Lipinski definition) is 1. The zero-order valence-electron chi connectivity index (χ0n) is 21.1. The highest BCUT2D eigenvalue weighted by atomic mass is 16.6. The molecule has 0 bridgehead atoms. The minimum absolute atomic E-state index is 0.174. The number of nitro groups is 2. The van der Waals surface area contributed by atoms with Crippen LogP contribution in [0.4, 0.5) is 17.1 Å². The van der Waals surface area contributed by atoms with E-state index in [0.29, 0.717) is 40.3 Å². The van der Waals surface area contributed by atoms with Crippen molar-refractivity contribution in [2.24, 2.45) is 5.92 Å². The minimum Gasteiger partial charge on any atom is -0.497 e. The van der Waals surface area contributed by atoms with Crippen LogP contribution in [0.15, 0.2) is 72.9 Å². The molecule has 1 aliphatic carbocycles. The van der Waals surface area contributed by atoms with E-state index in [2.05, 4.69) is 10.3 Å². The van der Waals surface area contributed by atoms with Gasteiger partial charge in [-0.05, 0) is 42.8 Å². The molecule has 11 nitrogen and oxygen atoms in total. The standard InChI is InChI=1S/C28H24N4O7/c1-38-17-8-10-19(24(13-17)31(34)35)21-15-22(20-11-9-18(39-2)14-25(20)32(36)37)26(21)28(33)30-23-7-3-5-16-6-4-12-29-27(16)23/h3-14,21-22,26H,15H2,1-2H3,(H,30,33)/t21-,22+,26?. The first-order chi connectivity index (χ1) is 18.8. The summed E-state index contributed by atoms with van der Waals surface area (Å²) in [6, 6.07) is 18.1. The molecule has 198 valence electrons. The van der Waals surface area contributed by atoms with Crippen molar-refractivity contribution in [1.82, 2.24) is 4.98 Å². The van der Waals surface area contributed by atoms with Crippen LogP contribution in [-0.2, 0) is 4.79 Å². The Labute approximate surface area is 222 Å². The quantitative estimate of drug-likeness (QED) is 0.230. The summed E-state index contributed by atoms with van der Waals surface area (Å²) < 4.78 is 10.3. The Morgan fingerprint density at radius 3 is 1.97 bits per heavy atom. The predicted octanol–water partition coefficient (Wildman–Crippen LogP) is 5.59. The monoisotopic (exact) mass is 528 g/mol. The van der Waals surface area contributed by atoms with Crippen LogP contribution in [0.3, 0.4) is 0 Å². The molecule has 39 heavy (non-hydrogen) atoms. The molecule has 3 aromatic carbocycles. The fraction of sp³-hybridized carbons (Fsp3) is 0.214. The number of aromatic nitrogens is 1. The van der Waals surface area contributed by atoms with Gasteiger partial charge in [-0.15, -0.1) is 0 Å². The molecule has 1 N–H and O–H groups in total. The predicted molar refractivity (Wildman–Crippen MR) is 143 cm³/mol. The first-order valence-electron chi connectivity index (χ1n) is 12.1. The summed E-state index contributed by atoms with van der Waals surface area (Å²) in [6.07, 6.45) is 1.92. The van der Waals surface area contributed by atoms with Crippen LogP contribution >= 0.6 is 0 Å². The number of nitro benzene ring substituents is 2. The number of methoxy groups -OCH3 is 2. The summed E-state index contributed by atoms with van der Waals surface area (Å²) in [5, 5.41) is 27.7. The molecular weight excluding hydrogens is 504 g/mol. The first-order valence-corrected chi connectivity index (χ1v) is 12.1. The van der Waals surface area contributed by atoms with Gasteiger partial charge in [-0.25, -0.2) is 0 Å². The van der Waals surface area contributed by atoms with Crippen molar-refractivity contribution in [3.8, 4) is 11.5 Å². The maximum absolute atomic E-state index is 13.9. The second-order valence-electron chi connectivity index (χ2n) is 9.21. The van der Waals surface area contributed by atoms with Gasteiger partial charge in [-0.2, -0.15) is 0 Å². The summed E-state index contributed by atoms with van der Waals surface area (Å²) in [6.45, 7) is 0. The first kappa shape index (κ1) is 25.6. The molecule has 1 unspecified atom stereocenters. The molecule has 5 rings (SSSR count). The number of fused-ring (bicyclic) bond motifs is 1. The van der Waals surface area contributed by atoms with Crippen LogP contribution in [-0.4, -0.2) is 35.0 Å². The molecule has 0 radical (unpaired) electrons. The van der Waals surface area contributed by atoms with Crippen molar-refractivity contribution < 1.29 is 24.1 Å². The topological polar surface area (TPSA) is 147 Å². The van der Waals surface area contributed by atoms with E-state index >= 15 is 0 Å².